The van der Waals surface area contributed by atoms with Gasteiger partial charge in [-0.1, -0.05) is 20.3 Å². The molecule has 0 fully saturated rings. The van der Waals surface area contributed by atoms with Crippen LogP contribution in [0.2, 0.25) is 0 Å². The molecule has 0 aliphatic rings. The molecule has 0 atom stereocenters. The number of H-pyrrole nitrogens is 1. The molecule has 1 aromatic carbocycles. The molecule has 0 bridgehead atoms. The van der Waals surface area contributed by atoms with Crippen LogP contribution in [0.5, 0.6) is 0 Å². The predicted molar refractivity (Wildman–Crippen MR) is 61.5 cm³/mol. The van der Waals surface area contributed by atoms with E-state index in [9.17, 15) is 13.2 Å². The Hall–Kier alpha value is -1.45. The standard InChI is InChI=1S/C13H14F3N/c1-3-5-10-7(4-2)11-12(16)8(14)6-9(15)13(11)17-10/h6,17H,3-5H2,1-2H3. The van der Waals surface area contributed by atoms with E-state index in [2.05, 4.69) is 4.98 Å². The van der Waals surface area contributed by atoms with Crippen LogP contribution < -0.4 is 0 Å². The maximum atomic E-state index is 13.7. The minimum absolute atomic E-state index is 0.0634. The van der Waals surface area contributed by atoms with E-state index in [0.717, 1.165) is 12.1 Å². The Morgan fingerprint density at radius 2 is 1.82 bits per heavy atom. The van der Waals surface area contributed by atoms with Crippen LogP contribution >= 0.6 is 0 Å². The van der Waals surface area contributed by atoms with Gasteiger partial charge in [-0.05, 0) is 18.4 Å². The first-order chi connectivity index (χ1) is 8.10. The maximum absolute atomic E-state index is 13.7. The molecule has 0 saturated heterocycles. The van der Waals surface area contributed by atoms with Crippen LogP contribution in [0.4, 0.5) is 13.2 Å². The molecule has 92 valence electrons. The topological polar surface area (TPSA) is 15.8 Å². The minimum Gasteiger partial charge on any atom is -0.356 e. The number of hydrogen-bond acceptors (Lipinski definition) is 0. The normalized spacial score (nSPS) is 11.4. The molecular weight excluding hydrogens is 227 g/mol. The van der Waals surface area contributed by atoms with Gasteiger partial charge >= 0.3 is 0 Å². The van der Waals surface area contributed by atoms with E-state index in [1.165, 1.54) is 0 Å². The van der Waals surface area contributed by atoms with Crippen LogP contribution in [0, 0.1) is 17.5 Å². The molecule has 0 amide bonds. The van der Waals surface area contributed by atoms with E-state index in [4.69, 9.17) is 0 Å². The summed E-state index contributed by atoms with van der Waals surface area (Å²) in [6, 6.07) is 0.587. The highest BCUT2D eigenvalue weighted by Crippen LogP contribution is 2.30. The molecule has 1 N–H and O–H groups in total. The monoisotopic (exact) mass is 241 g/mol. The highest BCUT2D eigenvalue weighted by atomic mass is 19.2. The fraction of sp³-hybridized carbons (Fsp3) is 0.385. The highest BCUT2D eigenvalue weighted by molar-refractivity contribution is 5.86. The van der Waals surface area contributed by atoms with Gasteiger partial charge in [-0.2, -0.15) is 0 Å². The zero-order valence-corrected chi connectivity index (χ0v) is 9.83. The van der Waals surface area contributed by atoms with Crippen molar-refractivity contribution in [1.29, 1.82) is 0 Å². The number of aromatic amines is 1. The van der Waals surface area contributed by atoms with Gasteiger partial charge in [-0.15, -0.1) is 0 Å². The van der Waals surface area contributed by atoms with Crippen molar-refractivity contribution in [3.8, 4) is 0 Å². The maximum Gasteiger partial charge on any atom is 0.168 e. The van der Waals surface area contributed by atoms with Gasteiger partial charge in [0, 0.05) is 17.1 Å². The van der Waals surface area contributed by atoms with Crippen molar-refractivity contribution in [3.63, 3.8) is 0 Å². The van der Waals surface area contributed by atoms with Crippen molar-refractivity contribution in [3.05, 3.63) is 34.8 Å². The fourth-order valence-electron chi connectivity index (χ4n) is 2.23. The summed E-state index contributed by atoms with van der Waals surface area (Å²) in [6.07, 6.45) is 2.12. The van der Waals surface area contributed by atoms with Crippen molar-refractivity contribution in [2.75, 3.05) is 0 Å². The number of aryl methyl sites for hydroxylation is 2. The Bertz CT molecular complexity index is 558. The lowest BCUT2D eigenvalue weighted by Gasteiger charge is -2.01. The summed E-state index contributed by atoms with van der Waals surface area (Å²) in [5, 5.41) is 0.0634. The van der Waals surface area contributed by atoms with Crippen LogP contribution in [-0.4, -0.2) is 4.98 Å². The molecule has 1 heterocycles. The summed E-state index contributed by atoms with van der Waals surface area (Å²) >= 11 is 0. The van der Waals surface area contributed by atoms with E-state index < -0.39 is 17.5 Å². The summed E-state index contributed by atoms with van der Waals surface area (Å²) in [5.41, 5.74) is 1.55. The average Bonchev–Trinajstić information content (AvgIpc) is 2.66. The zero-order valence-electron chi connectivity index (χ0n) is 9.83. The third-order valence-corrected chi connectivity index (χ3v) is 2.97. The molecule has 0 aliphatic heterocycles. The van der Waals surface area contributed by atoms with Gasteiger partial charge in [0.15, 0.2) is 11.6 Å². The minimum atomic E-state index is -1.13. The van der Waals surface area contributed by atoms with E-state index in [-0.39, 0.29) is 10.9 Å². The van der Waals surface area contributed by atoms with Gasteiger partial charge in [0.2, 0.25) is 0 Å². The summed E-state index contributed by atoms with van der Waals surface area (Å²) in [7, 11) is 0. The Morgan fingerprint density at radius 3 is 2.41 bits per heavy atom. The van der Waals surface area contributed by atoms with Gasteiger partial charge < -0.3 is 4.98 Å². The molecule has 0 aliphatic carbocycles. The quantitative estimate of drug-likeness (QED) is 0.779. The molecular formula is C13H14F3N. The zero-order chi connectivity index (χ0) is 12.6. The summed E-state index contributed by atoms with van der Waals surface area (Å²) < 4.78 is 40.5. The summed E-state index contributed by atoms with van der Waals surface area (Å²) in [6.45, 7) is 3.84. The molecule has 2 aromatic rings. The van der Waals surface area contributed by atoms with E-state index >= 15 is 0 Å². The third kappa shape index (κ3) is 1.81. The first kappa shape index (κ1) is 12.0. The number of benzene rings is 1. The Kier molecular flexibility index (Phi) is 3.13. The summed E-state index contributed by atoms with van der Waals surface area (Å²) in [4.78, 5) is 2.87. The molecule has 0 spiro atoms. The van der Waals surface area contributed by atoms with Crippen molar-refractivity contribution in [2.45, 2.75) is 33.1 Å². The third-order valence-electron chi connectivity index (χ3n) is 2.97. The van der Waals surface area contributed by atoms with E-state index in [1.807, 2.05) is 13.8 Å². The van der Waals surface area contributed by atoms with Crippen molar-refractivity contribution < 1.29 is 13.2 Å². The van der Waals surface area contributed by atoms with Gasteiger partial charge in [-0.3, -0.25) is 0 Å². The fourth-order valence-corrected chi connectivity index (χ4v) is 2.23. The summed E-state index contributed by atoms with van der Waals surface area (Å²) in [5.74, 6) is -2.83. The van der Waals surface area contributed by atoms with Crippen LogP contribution in [0.15, 0.2) is 6.07 Å². The second kappa shape index (κ2) is 4.43. The Labute approximate surface area is 97.6 Å². The van der Waals surface area contributed by atoms with Crippen LogP contribution in [0.1, 0.15) is 31.5 Å². The predicted octanol–water partition coefficient (Wildman–Crippen LogP) is 4.10. The number of fused-ring (bicyclic) bond motifs is 1. The van der Waals surface area contributed by atoms with Crippen molar-refractivity contribution in [1.82, 2.24) is 4.98 Å². The van der Waals surface area contributed by atoms with Gasteiger partial charge in [0.1, 0.15) is 5.82 Å². The lowest BCUT2D eigenvalue weighted by atomic mass is 10.1. The molecule has 0 radical (unpaired) electrons. The van der Waals surface area contributed by atoms with E-state index in [1.54, 1.807) is 0 Å². The molecule has 1 nitrogen and oxygen atoms in total. The number of halogens is 3. The van der Waals surface area contributed by atoms with Gasteiger partial charge in [0.25, 0.3) is 0 Å². The van der Waals surface area contributed by atoms with Crippen LogP contribution in [0.25, 0.3) is 10.9 Å². The lowest BCUT2D eigenvalue weighted by molar-refractivity contribution is 0.505. The first-order valence-electron chi connectivity index (χ1n) is 5.77. The number of rotatable bonds is 3. The highest BCUT2D eigenvalue weighted by Gasteiger charge is 2.19. The molecule has 2 rings (SSSR count). The first-order valence-corrected chi connectivity index (χ1v) is 5.77. The van der Waals surface area contributed by atoms with E-state index in [0.29, 0.717) is 24.5 Å². The number of aromatic nitrogens is 1. The smallest absolute Gasteiger partial charge is 0.168 e. The van der Waals surface area contributed by atoms with Crippen LogP contribution in [0.3, 0.4) is 0 Å². The van der Waals surface area contributed by atoms with Crippen molar-refractivity contribution in [2.24, 2.45) is 0 Å². The second-order valence-electron chi connectivity index (χ2n) is 4.09. The van der Waals surface area contributed by atoms with Gasteiger partial charge in [-0.25, -0.2) is 13.2 Å². The molecule has 4 heteroatoms. The molecule has 0 saturated carbocycles. The molecule has 17 heavy (non-hydrogen) atoms. The Morgan fingerprint density at radius 1 is 1.12 bits per heavy atom. The lowest BCUT2D eigenvalue weighted by Crippen LogP contribution is -1.92. The molecule has 0 unspecified atom stereocenters. The Balaban J connectivity index is 2.82. The average molecular weight is 241 g/mol. The number of hydrogen-bond donors (Lipinski definition) is 1. The van der Waals surface area contributed by atoms with Crippen molar-refractivity contribution >= 4 is 10.9 Å². The number of nitrogens with one attached hydrogen (secondary N) is 1. The van der Waals surface area contributed by atoms with Crippen LogP contribution in [-0.2, 0) is 12.8 Å². The largest absolute Gasteiger partial charge is 0.356 e. The SMILES string of the molecule is CCCc1[nH]c2c(F)cc(F)c(F)c2c1CC. The molecule has 1 aromatic heterocycles. The second-order valence-corrected chi connectivity index (χ2v) is 4.09. The van der Waals surface area contributed by atoms with Gasteiger partial charge in [0.05, 0.1) is 5.52 Å².